The second-order valence-electron chi connectivity index (χ2n) is 11.6. The highest BCUT2D eigenvalue weighted by Gasteiger charge is 2.33. The molecule has 238 valence electrons. The van der Waals surface area contributed by atoms with Crippen molar-refractivity contribution >= 4 is 43.5 Å². The van der Waals surface area contributed by atoms with Crippen LogP contribution in [0.4, 0.5) is 18.9 Å². The minimum Gasteiger partial charge on any atom is -0.350 e. The Labute approximate surface area is 265 Å². The molecule has 0 saturated heterocycles. The van der Waals surface area contributed by atoms with E-state index in [0.717, 1.165) is 44.4 Å². The average Bonchev–Trinajstić information content (AvgIpc) is 2.91. The van der Waals surface area contributed by atoms with Crippen molar-refractivity contribution in [2.24, 2.45) is 0 Å². The number of anilines is 1. The monoisotopic (exact) mass is 695 g/mol. The van der Waals surface area contributed by atoms with Crippen LogP contribution in [0.25, 0.3) is 0 Å². The lowest BCUT2D eigenvalue weighted by Gasteiger charge is -2.34. The van der Waals surface area contributed by atoms with Crippen LogP contribution >= 0.6 is 15.9 Å². The Kier molecular flexibility index (Phi) is 11.6. The Bertz CT molecular complexity index is 1540. The molecule has 0 saturated carbocycles. The molecule has 0 aliphatic carbocycles. The molecule has 1 atom stereocenters. The van der Waals surface area contributed by atoms with Crippen molar-refractivity contribution in [1.82, 2.24) is 10.2 Å². The lowest BCUT2D eigenvalue weighted by atomic mass is 10.00. The van der Waals surface area contributed by atoms with Gasteiger partial charge in [0.25, 0.3) is 0 Å². The van der Waals surface area contributed by atoms with E-state index in [4.69, 9.17) is 0 Å². The first-order chi connectivity index (χ1) is 20.4. The zero-order chi connectivity index (χ0) is 32.7. The first kappa shape index (κ1) is 35.1. The van der Waals surface area contributed by atoms with Crippen molar-refractivity contribution in [2.75, 3.05) is 17.1 Å². The molecule has 3 aromatic rings. The molecule has 2 amide bonds. The summed E-state index contributed by atoms with van der Waals surface area (Å²) in [6, 6.07) is 19.8. The molecule has 0 aromatic heterocycles. The highest BCUT2D eigenvalue weighted by Crippen LogP contribution is 2.32. The molecule has 7 nitrogen and oxygen atoms in total. The summed E-state index contributed by atoms with van der Waals surface area (Å²) in [5, 5.41) is 2.98. The Hall–Kier alpha value is -3.38. The summed E-state index contributed by atoms with van der Waals surface area (Å²) in [7, 11) is -3.97. The Morgan fingerprint density at radius 1 is 0.909 bits per heavy atom. The first-order valence-corrected chi connectivity index (χ1v) is 16.6. The predicted molar refractivity (Wildman–Crippen MR) is 169 cm³/mol. The van der Waals surface area contributed by atoms with Crippen LogP contribution in [0.15, 0.2) is 83.3 Å². The standard InChI is InChI=1S/C32H37BrF3N3O4S/c1-31(2,3)37-30(41)28(20-23-11-6-5-7-12-23)38(22-24-13-8-15-26(33)19-24)29(40)17-10-18-39(44(4,42)43)27-16-9-14-25(21-27)32(34,35)36/h5-9,11-16,19,21,28H,10,17-18,20,22H2,1-4H3,(H,37,41)/t28-/m1/s1. The highest BCUT2D eigenvalue weighted by atomic mass is 79.9. The second kappa shape index (κ2) is 14.6. The van der Waals surface area contributed by atoms with Crippen molar-refractivity contribution in [2.45, 2.75) is 64.3 Å². The summed E-state index contributed by atoms with van der Waals surface area (Å²) in [5.74, 6) is -0.737. The maximum Gasteiger partial charge on any atom is 0.416 e. The van der Waals surface area contributed by atoms with E-state index in [0.29, 0.717) is 0 Å². The van der Waals surface area contributed by atoms with Gasteiger partial charge in [-0.2, -0.15) is 13.2 Å². The van der Waals surface area contributed by atoms with Gasteiger partial charge in [0.05, 0.1) is 17.5 Å². The third kappa shape index (κ3) is 10.7. The van der Waals surface area contributed by atoms with Crippen LogP contribution in [-0.4, -0.2) is 49.5 Å². The molecule has 0 unspecified atom stereocenters. The first-order valence-electron chi connectivity index (χ1n) is 14.0. The number of hydrogen-bond acceptors (Lipinski definition) is 4. The summed E-state index contributed by atoms with van der Waals surface area (Å²) in [6.45, 7) is 5.42. The summed E-state index contributed by atoms with van der Waals surface area (Å²) in [5.41, 5.74) is -0.0736. The number of carbonyl (C=O) groups excluding carboxylic acids is 2. The van der Waals surface area contributed by atoms with Crippen LogP contribution in [0.3, 0.4) is 0 Å². The Morgan fingerprint density at radius 3 is 2.14 bits per heavy atom. The van der Waals surface area contributed by atoms with E-state index in [-0.39, 0.29) is 43.9 Å². The minimum atomic E-state index is -4.65. The normalized spacial score (nSPS) is 12.8. The van der Waals surface area contributed by atoms with Gasteiger partial charge in [-0.15, -0.1) is 0 Å². The van der Waals surface area contributed by atoms with Crippen LogP contribution in [-0.2, 0) is 38.8 Å². The molecule has 0 bridgehead atoms. The summed E-state index contributed by atoms with van der Waals surface area (Å²) in [4.78, 5) is 29.1. The van der Waals surface area contributed by atoms with Gasteiger partial charge >= 0.3 is 6.18 Å². The van der Waals surface area contributed by atoms with Crippen LogP contribution in [0, 0.1) is 0 Å². The van der Waals surface area contributed by atoms with Crippen LogP contribution < -0.4 is 9.62 Å². The van der Waals surface area contributed by atoms with Crippen molar-refractivity contribution in [3.8, 4) is 0 Å². The SMILES string of the molecule is CC(C)(C)NC(=O)[C@@H](Cc1ccccc1)N(Cc1cccc(Br)c1)C(=O)CCCN(c1cccc(C(F)(F)F)c1)S(C)(=O)=O. The van der Waals surface area contributed by atoms with Gasteiger partial charge in [-0.25, -0.2) is 8.42 Å². The number of nitrogens with zero attached hydrogens (tertiary/aromatic N) is 2. The molecule has 0 aliphatic heterocycles. The Morgan fingerprint density at radius 2 is 1.55 bits per heavy atom. The quantitative estimate of drug-likeness (QED) is 0.232. The summed E-state index contributed by atoms with van der Waals surface area (Å²) in [6.07, 6.45) is -3.64. The predicted octanol–water partition coefficient (Wildman–Crippen LogP) is 6.57. The van der Waals surface area contributed by atoms with Crippen LogP contribution in [0.5, 0.6) is 0 Å². The molecule has 12 heteroatoms. The molecule has 0 spiro atoms. The molecule has 0 heterocycles. The third-order valence-corrected chi connectivity index (χ3v) is 8.31. The van der Waals surface area contributed by atoms with E-state index in [1.54, 1.807) is 0 Å². The topological polar surface area (TPSA) is 86.8 Å². The van der Waals surface area contributed by atoms with Gasteiger partial charge in [0.1, 0.15) is 6.04 Å². The second-order valence-corrected chi connectivity index (χ2v) is 14.4. The molecule has 3 aromatic carbocycles. The molecule has 1 N–H and O–H groups in total. The largest absolute Gasteiger partial charge is 0.416 e. The van der Waals surface area contributed by atoms with Crippen molar-refractivity contribution < 1.29 is 31.2 Å². The van der Waals surface area contributed by atoms with Gasteiger partial charge in [-0.05, 0) is 68.7 Å². The Balaban J connectivity index is 1.92. The number of rotatable bonds is 12. The molecular weight excluding hydrogens is 659 g/mol. The van der Waals surface area contributed by atoms with Gasteiger partial charge in [-0.3, -0.25) is 13.9 Å². The lowest BCUT2D eigenvalue weighted by Crippen LogP contribution is -2.54. The van der Waals surface area contributed by atoms with Crippen molar-refractivity contribution in [3.05, 3.63) is 100 Å². The maximum atomic E-state index is 13.9. The summed E-state index contributed by atoms with van der Waals surface area (Å²) >= 11 is 3.45. The van der Waals surface area contributed by atoms with Gasteiger partial charge in [0.15, 0.2) is 0 Å². The average molecular weight is 697 g/mol. The minimum absolute atomic E-state index is 0.01000. The fraction of sp³-hybridized carbons (Fsp3) is 0.375. The lowest BCUT2D eigenvalue weighted by molar-refractivity contribution is -0.142. The number of amides is 2. The van der Waals surface area contributed by atoms with Crippen molar-refractivity contribution in [3.63, 3.8) is 0 Å². The molecule has 0 radical (unpaired) electrons. The fourth-order valence-corrected chi connectivity index (χ4v) is 6.08. The smallest absolute Gasteiger partial charge is 0.350 e. The van der Waals surface area contributed by atoms with Crippen LogP contribution in [0.1, 0.15) is 50.3 Å². The maximum absolute atomic E-state index is 13.9. The highest BCUT2D eigenvalue weighted by molar-refractivity contribution is 9.10. The number of benzene rings is 3. The zero-order valence-electron chi connectivity index (χ0n) is 25.1. The zero-order valence-corrected chi connectivity index (χ0v) is 27.5. The molecule has 3 rings (SSSR count). The number of hydrogen-bond donors (Lipinski definition) is 1. The molecule has 44 heavy (non-hydrogen) atoms. The van der Waals surface area contributed by atoms with Crippen molar-refractivity contribution in [1.29, 1.82) is 0 Å². The molecular formula is C32H37BrF3N3O4S. The van der Waals surface area contributed by atoms with E-state index in [2.05, 4.69) is 21.2 Å². The van der Waals surface area contributed by atoms with E-state index in [9.17, 15) is 31.2 Å². The number of alkyl halides is 3. The third-order valence-electron chi connectivity index (χ3n) is 6.62. The number of halogens is 4. The van der Waals surface area contributed by atoms with Gasteiger partial charge in [0, 0.05) is 35.9 Å². The van der Waals surface area contributed by atoms with Gasteiger partial charge < -0.3 is 10.2 Å². The van der Waals surface area contributed by atoms with E-state index < -0.39 is 39.3 Å². The number of nitrogens with one attached hydrogen (secondary N) is 1. The number of sulfonamides is 1. The van der Waals surface area contributed by atoms with Gasteiger partial charge in [0.2, 0.25) is 21.8 Å². The summed E-state index contributed by atoms with van der Waals surface area (Å²) < 4.78 is 66.8. The number of carbonyl (C=O) groups is 2. The fourth-order valence-electron chi connectivity index (χ4n) is 4.68. The molecule has 0 aliphatic rings. The van der Waals surface area contributed by atoms with E-state index >= 15 is 0 Å². The molecule has 0 fully saturated rings. The van der Waals surface area contributed by atoms with E-state index in [1.807, 2.05) is 75.4 Å². The van der Waals surface area contributed by atoms with Crippen LogP contribution in [0.2, 0.25) is 0 Å². The van der Waals surface area contributed by atoms with Gasteiger partial charge in [-0.1, -0.05) is 64.5 Å². The van der Waals surface area contributed by atoms with E-state index in [1.165, 1.54) is 11.0 Å².